The first kappa shape index (κ1) is 16.8. The number of nitrogens with zero attached hydrogens (tertiary/aromatic N) is 1. The van der Waals surface area contributed by atoms with Crippen molar-refractivity contribution in [2.75, 3.05) is 19.7 Å². The third-order valence-electron chi connectivity index (χ3n) is 3.71. The summed E-state index contributed by atoms with van der Waals surface area (Å²) in [6, 6.07) is 7.47. The lowest BCUT2D eigenvalue weighted by atomic mass is 9.99. The first-order valence-electron chi connectivity index (χ1n) is 7.32. The van der Waals surface area contributed by atoms with Gasteiger partial charge in [0.1, 0.15) is 0 Å². The zero-order valence-electron chi connectivity index (χ0n) is 12.5. The number of benzene rings is 1. The Bertz CT molecular complexity index is 549. The summed E-state index contributed by atoms with van der Waals surface area (Å²) in [5.41, 5.74) is 1.02. The number of hydrogen-bond acceptors (Lipinski definition) is 3. The van der Waals surface area contributed by atoms with Crippen molar-refractivity contribution in [3.63, 3.8) is 0 Å². The summed E-state index contributed by atoms with van der Waals surface area (Å²) < 4.78 is 5.39. The Morgan fingerprint density at radius 1 is 1.50 bits per heavy atom. The van der Waals surface area contributed by atoms with Crippen molar-refractivity contribution in [2.45, 2.75) is 25.9 Å². The van der Waals surface area contributed by atoms with E-state index in [1.54, 1.807) is 11.0 Å². The van der Waals surface area contributed by atoms with Gasteiger partial charge in [0.2, 0.25) is 5.91 Å². The number of aliphatic carboxylic acids is 1. The van der Waals surface area contributed by atoms with Crippen LogP contribution in [0, 0.1) is 5.92 Å². The van der Waals surface area contributed by atoms with E-state index in [2.05, 4.69) is 0 Å². The molecule has 1 saturated heterocycles. The molecule has 0 radical (unpaired) electrons. The maximum Gasteiger partial charge on any atom is 0.306 e. The molecule has 0 spiro atoms. The topological polar surface area (TPSA) is 66.8 Å². The fourth-order valence-corrected chi connectivity index (χ4v) is 2.87. The molecule has 1 N–H and O–H groups in total. The molecule has 2 rings (SSSR count). The van der Waals surface area contributed by atoms with Gasteiger partial charge in [0.25, 0.3) is 0 Å². The molecule has 0 aliphatic carbocycles. The van der Waals surface area contributed by atoms with Crippen molar-refractivity contribution >= 4 is 23.5 Å². The van der Waals surface area contributed by atoms with Gasteiger partial charge in [0.05, 0.1) is 19.1 Å². The van der Waals surface area contributed by atoms with Gasteiger partial charge >= 0.3 is 5.97 Å². The van der Waals surface area contributed by atoms with Crippen LogP contribution in [0.2, 0.25) is 5.02 Å². The zero-order chi connectivity index (χ0) is 16.1. The lowest BCUT2D eigenvalue weighted by Gasteiger charge is -2.34. The second-order valence-corrected chi connectivity index (χ2v) is 6.05. The number of carbonyl (C=O) groups is 2. The van der Waals surface area contributed by atoms with E-state index in [1.807, 2.05) is 25.1 Å². The number of rotatable bonds is 5. The quantitative estimate of drug-likeness (QED) is 0.901. The average Bonchev–Trinajstić information content (AvgIpc) is 2.46. The van der Waals surface area contributed by atoms with Crippen molar-refractivity contribution in [2.24, 2.45) is 5.92 Å². The third kappa shape index (κ3) is 4.71. The summed E-state index contributed by atoms with van der Waals surface area (Å²) in [5.74, 6) is -1.06. The zero-order valence-corrected chi connectivity index (χ0v) is 13.3. The number of morpholine rings is 1. The van der Waals surface area contributed by atoms with Gasteiger partial charge < -0.3 is 14.7 Å². The molecule has 0 saturated carbocycles. The molecule has 2 atom stereocenters. The van der Waals surface area contributed by atoms with E-state index in [0.29, 0.717) is 31.1 Å². The molecule has 2 unspecified atom stereocenters. The summed E-state index contributed by atoms with van der Waals surface area (Å²) in [6.45, 7) is 3.11. The van der Waals surface area contributed by atoms with Gasteiger partial charge in [-0.2, -0.15) is 0 Å². The highest BCUT2D eigenvalue weighted by Gasteiger charge is 2.28. The van der Waals surface area contributed by atoms with Gasteiger partial charge in [-0.25, -0.2) is 0 Å². The Morgan fingerprint density at radius 2 is 2.27 bits per heavy atom. The average molecular weight is 326 g/mol. The Balaban J connectivity index is 1.93. The minimum atomic E-state index is -0.911. The minimum Gasteiger partial charge on any atom is -0.481 e. The number of carboxylic acid groups (broad SMARTS) is 1. The standard InChI is InChI=1S/C16H20ClNO4/c1-11(7-12-3-2-4-13(17)8-12)16(21)18-5-6-22-14(10-18)9-15(19)20/h2-4,8,11,14H,5-7,9-10H2,1H3,(H,19,20). The molecule has 6 heteroatoms. The molecule has 5 nitrogen and oxygen atoms in total. The number of hydrogen-bond donors (Lipinski definition) is 1. The van der Waals surface area contributed by atoms with Crippen molar-refractivity contribution in [3.8, 4) is 0 Å². The molecule has 1 aromatic rings. The lowest BCUT2D eigenvalue weighted by molar-refractivity contribution is -0.149. The maximum absolute atomic E-state index is 12.5. The van der Waals surface area contributed by atoms with Gasteiger partial charge in [0, 0.05) is 24.0 Å². The molecule has 22 heavy (non-hydrogen) atoms. The predicted octanol–water partition coefficient (Wildman–Crippen LogP) is 2.22. The molecule has 1 heterocycles. The Kier molecular flexibility index (Phi) is 5.80. The van der Waals surface area contributed by atoms with Crippen molar-refractivity contribution < 1.29 is 19.4 Å². The summed E-state index contributed by atoms with van der Waals surface area (Å²) >= 11 is 5.96. The minimum absolute atomic E-state index is 0.0265. The first-order valence-corrected chi connectivity index (χ1v) is 7.70. The summed E-state index contributed by atoms with van der Waals surface area (Å²) in [4.78, 5) is 25.0. The SMILES string of the molecule is CC(Cc1cccc(Cl)c1)C(=O)N1CCOC(CC(=O)O)C1. The largest absolute Gasteiger partial charge is 0.481 e. The molecule has 1 aliphatic rings. The second-order valence-electron chi connectivity index (χ2n) is 5.61. The smallest absolute Gasteiger partial charge is 0.306 e. The third-order valence-corrected chi connectivity index (χ3v) is 3.94. The summed E-state index contributed by atoms with van der Waals surface area (Å²) in [7, 11) is 0. The molecule has 1 aromatic carbocycles. The van der Waals surface area contributed by atoms with E-state index in [4.69, 9.17) is 21.4 Å². The van der Waals surface area contributed by atoms with Gasteiger partial charge in [0.15, 0.2) is 0 Å². The Hall–Kier alpha value is -1.59. The maximum atomic E-state index is 12.5. The van der Waals surface area contributed by atoms with Crippen LogP contribution in [0.25, 0.3) is 0 Å². The van der Waals surface area contributed by atoms with Crippen LogP contribution in [0.3, 0.4) is 0 Å². The van der Waals surface area contributed by atoms with Crippen LogP contribution in [0.1, 0.15) is 18.9 Å². The summed E-state index contributed by atoms with van der Waals surface area (Å²) in [6.07, 6.45) is 0.112. The van der Waals surface area contributed by atoms with Crippen LogP contribution in [0.5, 0.6) is 0 Å². The van der Waals surface area contributed by atoms with Crippen LogP contribution < -0.4 is 0 Å². The van der Waals surface area contributed by atoms with Crippen LogP contribution in [-0.4, -0.2) is 47.7 Å². The van der Waals surface area contributed by atoms with Gasteiger partial charge in [-0.1, -0.05) is 30.7 Å². The van der Waals surface area contributed by atoms with E-state index in [-0.39, 0.29) is 18.2 Å². The molecule has 1 amide bonds. The predicted molar refractivity (Wildman–Crippen MR) is 82.9 cm³/mol. The van der Waals surface area contributed by atoms with Gasteiger partial charge in [-0.15, -0.1) is 0 Å². The normalized spacial score (nSPS) is 19.7. The molecule has 1 aliphatic heterocycles. The molecule has 0 aromatic heterocycles. The number of amides is 1. The number of halogens is 1. The fourth-order valence-electron chi connectivity index (χ4n) is 2.65. The van der Waals surface area contributed by atoms with Crippen molar-refractivity contribution in [1.29, 1.82) is 0 Å². The molecular weight excluding hydrogens is 306 g/mol. The van der Waals surface area contributed by atoms with Crippen LogP contribution in [0.15, 0.2) is 24.3 Å². The van der Waals surface area contributed by atoms with E-state index >= 15 is 0 Å². The monoisotopic (exact) mass is 325 g/mol. The number of ether oxygens (including phenoxy) is 1. The molecular formula is C16H20ClNO4. The molecule has 120 valence electrons. The number of carboxylic acids is 1. The highest BCUT2D eigenvalue weighted by molar-refractivity contribution is 6.30. The van der Waals surface area contributed by atoms with Crippen molar-refractivity contribution in [1.82, 2.24) is 4.90 Å². The second kappa shape index (κ2) is 7.61. The van der Waals surface area contributed by atoms with Crippen LogP contribution in [0.4, 0.5) is 0 Å². The highest BCUT2D eigenvalue weighted by Crippen LogP contribution is 2.18. The van der Waals surface area contributed by atoms with E-state index in [0.717, 1.165) is 5.56 Å². The molecule has 0 bridgehead atoms. The highest BCUT2D eigenvalue weighted by atomic mass is 35.5. The Labute approximate surface area is 134 Å². The van der Waals surface area contributed by atoms with Gasteiger partial charge in [-0.3, -0.25) is 9.59 Å². The number of carbonyl (C=O) groups excluding carboxylic acids is 1. The lowest BCUT2D eigenvalue weighted by Crippen LogP contribution is -2.48. The van der Waals surface area contributed by atoms with Crippen molar-refractivity contribution in [3.05, 3.63) is 34.9 Å². The van der Waals surface area contributed by atoms with Gasteiger partial charge in [-0.05, 0) is 24.1 Å². The van der Waals surface area contributed by atoms with E-state index in [9.17, 15) is 9.59 Å². The first-order chi connectivity index (χ1) is 10.5. The summed E-state index contributed by atoms with van der Waals surface area (Å²) in [5, 5.41) is 9.48. The Morgan fingerprint density at radius 3 is 2.95 bits per heavy atom. The molecule has 1 fully saturated rings. The fraction of sp³-hybridized carbons (Fsp3) is 0.500. The van der Waals surface area contributed by atoms with E-state index in [1.165, 1.54) is 0 Å². The van der Waals surface area contributed by atoms with E-state index < -0.39 is 12.1 Å². The van der Waals surface area contributed by atoms with Crippen LogP contribution in [-0.2, 0) is 20.7 Å². The van der Waals surface area contributed by atoms with Crippen LogP contribution >= 0.6 is 11.6 Å².